The zero-order chi connectivity index (χ0) is 18.0. The third-order valence-electron chi connectivity index (χ3n) is 3.74. The van der Waals surface area contributed by atoms with Crippen LogP contribution in [0.2, 0.25) is 0 Å². The Labute approximate surface area is 144 Å². The molecular formula is C18H19N5O2. The van der Waals surface area contributed by atoms with Gasteiger partial charge in [0.05, 0.1) is 12.2 Å². The summed E-state index contributed by atoms with van der Waals surface area (Å²) in [5.74, 6) is 0.870. The molecule has 0 aliphatic rings. The molecule has 7 heteroatoms. The van der Waals surface area contributed by atoms with E-state index in [9.17, 15) is 4.79 Å². The minimum absolute atomic E-state index is 0.0129. The molecule has 1 aromatic heterocycles. The summed E-state index contributed by atoms with van der Waals surface area (Å²) in [5.41, 5.74) is 19.7. The van der Waals surface area contributed by atoms with Gasteiger partial charge < -0.3 is 26.9 Å². The lowest BCUT2D eigenvalue weighted by Crippen LogP contribution is -2.17. The van der Waals surface area contributed by atoms with Gasteiger partial charge in [-0.15, -0.1) is 0 Å². The van der Waals surface area contributed by atoms with Gasteiger partial charge in [0.25, 0.3) is 5.56 Å². The van der Waals surface area contributed by atoms with E-state index in [1.54, 1.807) is 0 Å². The highest BCUT2D eigenvalue weighted by Gasteiger charge is 2.13. The summed E-state index contributed by atoms with van der Waals surface area (Å²) in [6, 6.07) is 13.1. The molecule has 128 valence electrons. The third-order valence-corrected chi connectivity index (χ3v) is 3.74. The lowest BCUT2D eigenvalue weighted by Gasteiger charge is -2.13. The highest BCUT2D eigenvalue weighted by atomic mass is 16.5. The first-order chi connectivity index (χ1) is 12.0. The molecule has 0 aliphatic heterocycles. The van der Waals surface area contributed by atoms with Crippen LogP contribution in [-0.2, 0) is 0 Å². The number of ether oxygens (including phenoxy) is 1. The predicted octanol–water partition coefficient (Wildman–Crippen LogP) is 2.25. The van der Waals surface area contributed by atoms with Crippen LogP contribution in [0, 0.1) is 0 Å². The first kappa shape index (κ1) is 16.4. The highest BCUT2D eigenvalue weighted by molar-refractivity contribution is 5.75. The third kappa shape index (κ3) is 3.25. The minimum Gasteiger partial charge on any atom is -0.493 e. The van der Waals surface area contributed by atoms with E-state index in [2.05, 4.69) is 9.97 Å². The number of hydrogen-bond acceptors (Lipinski definition) is 6. The van der Waals surface area contributed by atoms with E-state index in [4.69, 9.17) is 21.9 Å². The summed E-state index contributed by atoms with van der Waals surface area (Å²) >= 11 is 0. The molecular weight excluding hydrogens is 318 g/mol. The molecule has 7 N–H and O–H groups in total. The number of rotatable bonds is 4. The second-order valence-electron chi connectivity index (χ2n) is 5.48. The lowest BCUT2D eigenvalue weighted by atomic mass is 10.0. The first-order valence-electron chi connectivity index (χ1n) is 7.78. The minimum atomic E-state index is -0.482. The molecule has 0 saturated heterocycles. The Kier molecular flexibility index (Phi) is 4.30. The summed E-state index contributed by atoms with van der Waals surface area (Å²) < 4.78 is 5.73. The van der Waals surface area contributed by atoms with Crippen LogP contribution in [0.4, 0.5) is 17.2 Å². The summed E-state index contributed by atoms with van der Waals surface area (Å²) in [6.07, 6.45) is 0. The normalized spacial score (nSPS) is 10.6. The van der Waals surface area contributed by atoms with E-state index in [0.29, 0.717) is 29.4 Å². The molecule has 0 radical (unpaired) electrons. The van der Waals surface area contributed by atoms with Crippen LogP contribution in [0.15, 0.2) is 47.3 Å². The molecule has 2 aromatic carbocycles. The van der Waals surface area contributed by atoms with Crippen molar-refractivity contribution >= 4 is 17.2 Å². The predicted molar refractivity (Wildman–Crippen MR) is 100 cm³/mol. The number of benzene rings is 2. The molecule has 0 aliphatic carbocycles. The average Bonchev–Trinajstić information content (AvgIpc) is 2.59. The zero-order valence-electron chi connectivity index (χ0n) is 13.7. The molecule has 7 nitrogen and oxygen atoms in total. The molecule has 0 spiro atoms. The van der Waals surface area contributed by atoms with Crippen molar-refractivity contribution < 1.29 is 4.74 Å². The van der Waals surface area contributed by atoms with Crippen LogP contribution in [0.3, 0.4) is 0 Å². The Morgan fingerprint density at radius 2 is 1.84 bits per heavy atom. The van der Waals surface area contributed by atoms with E-state index in [0.717, 1.165) is 11.1 Å². The SMILES string of the molecule is CCOc1cc(-c2cccc(N)c2)ccc1-c1nc(N)c(N)c(=O)[nH]1. The largest absolute Gasteiger partial charge is 0.493 e. The van der Waals surface area contributed by atoms with Crippen molar-refractivity contribution in [3.8, 4) is 28.3 Å². The van der Waals surface area contributed by atoms with Gasteiger partial charge in [0, 0.05) is 5.69 Å². The maximum atomic E-state index is 11.9. The van der Waals surface area contributed by atoms with Crippen molar-refractivity contribution in [2.24, 2.45) is 0 Å². The van der Waals surface area contributed by atoms with Crippen LogP contribution < -0.4 is 27.5 Å². The van der Waals surface area contributed by atoms with Crippen LogP contribution in [0.25, 0.3) is 22.5 Å². The standard InChI is InChI=1S/C18H19N5O2/c1-2-25-14-9-11(10-4-3-5-12(19)8-10)6-7-13(14)17-22-16(21)15(20)18(24)23-17/h3-9H,2,19-20H2,1H3,(H3,21,22,23,24). The molecule has 25 heavy (non-hydrogen) atoms. The van der Waals surface area contributed by atoms with E-state index >= 15 is 0 Å². The van der Waals surface area contributed by atoms with Crippen LogP contribution in [0.5, 0.6) is 5.75 Å². The fourth-order valence-electron chi connectivity index (χ4n) is 2.52. The maximum absolute atomic E-state index is 11.9. The van der Waals surface area contributed by atoms with Crippen LogP contribution >= 0.6 is 0 Å². The van der Waals surface area contributed by atoms with Gasteiger partial charge in [0.1, 0.15) is 17.3 Å². The second kappa shape index (κ2) is 6.56. The van der Waals surface area contributed by atoms with Crippen molar-refractivity contribution in [2.45, 2.75) is 6.92 Å². The number of nitrogens with zero attached hydrogens (tertiary/aromatic N) is 1. The number of nitrogens with two attached hydrogens (primary N) is 3. The van der Waals surface area contributed by atoms with E-state index in [1.165, 1.54) is 0 Å². The number of aromatic amines is 1. The van der Waals surface area contributed by atoms with E-state index in [1.807, 2.05) is 49.4 Å². The molecule has 1 heterocycles. The summed E-state index contributed by atoms with van der Waals surface area (Å²) in [4.78, 5) is 18.7. The Bertz CT molecular complexity index is 981. The van der Waals surface area contributed by atoms with Gasteiger partial charge in [-0.2, -0.15) is 0 Å². The Hall–Kier alpha value is -3.48. The smallest absolute Gasteiger partial charge is 0.276 e. The molecule has 0 atom stereocenters. The lowest BCUT2D eigenvalue weighted by molar-refractivity contribution is 0.341. The second-order valence-corrected chi connectivity index (χ2v) is 5.48. The van der Waals surface area contributed by atoms with Crippen molar-refractivity contribution in [3.05, 3.63) is 52.8 Å². The molecule has 0 bridgehead atoms. The molecule has 0 saturated carbocycles. The van der Waals surface area contributed by atoms with Crippen molar-refractivity contribution in [1.82, 2.24) is 9.97 Å². The number of hydrogen-bond donors (Lipinski definition) is 4. The molecule has 3 rings (SSSR count). The van der Waals surface area contributed by atoms with Gasteiger partial charge in [-0.3, -0.25) is 4.79 Å². The van der Waals surface area contributed by atoms with Crippen molar-refractivity contribution in [2.75, 3.05) is 23.8 Å². The Morgan fingerprint density at radius 3 is 2.52 bits per heavy atom. The van der Waals surface area contributed by atoms with Crippen molar-refractivity contribution in [1.29, 1.82) is 0 Å². The van der Waals surface area contributed by atoms with Crippen LogP contribution in [-0.4, -0.2) is 16.6 Å². The van der Waals surface area contributed by atoms with Gasteiger partial charge in [-0.25, -0.2) is 4.98 Å². The van der Waals surface area contributed by atoms with Gasteiger partial charge in [0.15, 0.2) is 5.82 Å². The monoisotopic (exact) mass is 337 g/mol. The number of nitrogens with one attached hydrogen (secondary N) is 1. The number of nitrogen functional groups attached to an aromatic ring is 3. The van der Waals surface area contributed by atoms with Crippen LogP contribution in [0.1, 0.15) is 6.92 Å². The Balaban J connectivity index is 2.13. The average molecular weight is 337 g/mol. The first-order valence-corrected chi connectivity index (χ1v) is 7.78. The van der Waals surface area contributed by atoms with Crippen molar-refractivity contribution in [3.63, 3.8) is 0 Å². The fourth-order valence-corrected chi connectivity index (χ4v) is 2.52. The van der Waals surface area contributed by atoms with Gasteiger partial charge in [-0.05, 0) is 42.3 Å². The van der Waals surface area contributed by atoms with Gasteiger partial charge in [0.2, 0.25) is 0 Å². The zero-order valence-corrected chi connectivity index (χ0v) is 13.7. The number of anilines is 3. The van der Waals surface area contributed by atoms with E-state index in [-0.39, 0.29) is 11.5 Å². The maximum Gasteiger partial charge on any atom is 0.276 e. The number of H-pyrrole nitrogens is 1. The Morgan fingerprint density at radius 1 is 1.08 bits per heavy atom. The summed E-state index contributed by atoms with van der Waals surface area (Å²) in [5, 5.41) is 0. The topological polar surface area (TPSA) is 133 Å². The highest BCUT2D eigenvalue weighted by Crippen LogP contribution is 2.33. The molecule has 0 fully saturated rings. The quantitative estimate of drug-likeness (QED) is 0.540. The van der Waals surface area contributed by atoms with E-state index < -0.39 is 5.56 Å². The number of aromatic nitrogens is 2. The molecule has 3 aromatic rings. The fraction of sp³-hybridized carbons (Fsp3) is 0.111. The van der Waals surface area contributed by atoms with Gasteiger partial charge in [-0.1, -0.05) is 18.2 Å². The van der Waals surface area contributed by atoms with Gasteiger partial charge >= 0.3 is 0 Å². The molecule has 0 amide bonds. The molecule has 0 unspecified atom stereocenters. The summed E-state index contributed by atoms with van der Waals surface area (Å²) in [6.45, 7) is 2.34. The summed E-state index contributed by atoms with van der Waals surface area (Å²) in [7, 11) is 0.